The Hall–Kier alpha value is -1.96. The molecule has 8 heteroatoms. The van der Waals surface area contributed by atoms with Gasteiger partial charge in [-0.1, -0.05) is 31.4 Å². The molecule has 1 aliphatic carbocycles. The molecule has 7 nitrogen and oxygen atoms in total. The monoisotopic (exact) mass is 411 g/mol. The molecule has 1 saturated heterocycles. The van der Waals surface area contributed by atoms with Crippen LogP contribution in [0.4, 0.5) is 4.39 Å². The minimum atomic E-state index is -2.14. The average molecular weight is 412 g/mol. The molecule has 29 heavy (non-hydrogen) atoms. The van der Waals surface area contributed by atoms with E-state index in [9.17, 15) is 18.8 Å². The number of allylic oxidation sites excluding steroid dienone is 1. The highest BCUT2D eigenvalue weighted by Gasteiger charge is 2.41. The molecule has 0 spiro atoms. The minimum Gasteiger partial charge on any atom is -0.354 e. The van der Waals surface area contributed by atoms with Crippen LogP contribution in [0.25, 0.3) is 0 Å². The lowest BCUT2D eigenvalue weighted by Crippen LogP contribution is -2.51. The molecule has 1 heterocycles. The topological polar surface area (TPSA) is 98.7 Å². The first kappa shape index (κ1) is 23.3. The summed E-state index contributed by atoms with van der Waals surface area (Å²) in [7, 11) is 0. The predicted molar refractivity (Wildman–Crippen MR) is 107 cm³/mol. The van der Waals surface area contributed by atoms with Crippen molar-refractivity contribution in [1.29, 1.82) is 0 Å². The fourth-order valence-electron chi connectivity index (χ4n) is 4.18. The molecule has 2 aliphatic rings. The van der Waals surface area contributed by atoms with Crippen LogP contribution in [0.2, 0.25) is 0 Å². The molecule has 1 unspecified atom stereocenters. The number of unbranched alkanes of at least 4 members (excludes halogenated alkanes) is 1. The molecule has 1 aliphatic heterocycles. The number of rotatable bonds is 10. The van der Waals surface area contributed by atoms with Crippen molar-refractivity contribution in [3.63, 3.8) is 0 Å². The van der Waals surface area contributed by atoms with Crippen LogP contribution < -0.4 is 10.8 Å². The van der Waals surface area contributed by atoms with Gasteiger partial charge in [0.05, 0.1) is 5.92 Å². The highest BCUT2D eigenvalue weighted by molar-refractivity contribution is 5.92. The van der Waals surface area contributed by atoms with Gasteiger partial charge >= 0.3 is 0 Å². The number of nitrogens with one attached hydrogen (secondary N) is 2. The van der Waals surface area contributed by atoms with E-state index in [-0.39, 0.29) is 12.3 Å². The molecular weight excluding hydrogens is 377 g/mol. The molecule has 3 amide bonds. The number of likely N-dealkylation sites (tertiary alicyclic amines) is 1. The lowest BCUT2D eigenvalue weighted by molar-refractivity contribution is -0.149. The smallest absolute Gasteiger partial charge is 0.278 e. The Balaban J connectivity index is 1.96. The van der Waals surface area contributed by atoms with Crippen LogP contribution in [0.5, 0.6) is 0 Å². The Kier molecular flexibility index (Phi) is 9.57. The van der Waals surface area contributed by atoms with E-state index in [1.807, 2.05) is 6.92 Å². The maximum Gasteiger partial charge on any atom is 0.278 e. The number of hydrogen-bond acceptors (Lipinski definition) is 4. The first-order chi connectivity index (χ1) is 14.0. The molecule has 0 aromatic heterocycles. The second-order valence-electron chi connectivity index (χ2n) is 7.97. The number of hydroxylamine groups is 1. The van der Waals surface area contributed by atoms with E-state index in [2.05, 4.69) is 11.4 Å². The van der Waals surface area contributed by atoms with Gasteiger partial charge in [0.15, 0.2) is 6.17 Å². The molecule has 0 aromatic rings. The van der Waals surface area contributed by atoms with E-state index in [0.29, 0.717) is 32.4 Å². The zero-order valence-electron chi connectivity index (χ0n) is 17.3. The summed E-state index contributed by atoms with van der Waals surface area (Å²) in [6, 6.07) is -0.628. The Morgan fingerprint density at radius 3 is 2.76 bits per heavy atom. The van der Waals surface area contributed by atoms with Gasteiger partial charge in [-0.25, -0.2) is 9.87 Å². The molecule has 1 fully saturated rings. The van der Waals surface area contributed by atoms with E-state index in [1.54, 1.807) is 0 Å². The second kappa shape index (κ2) is 11.9. The van der Waals surface area contributed by atoms with Crippen LogP contribution in [0.3, 0.4) is 0 Å². The standard InChI is InChI=1S/C21H34FN3O4/c1-2-3-10-16(18(22)20(27)24-29)21(28)25-14-7-11-17(25)19(26)23-13-12-15-8-5-4-6-9-15/h8,16-18,29H,2-7,9-14H2,1H3,(H,23,26)(H,24,27)/t16-,17?,18-/m1/s1. The summed E-state index contributed by atoms with van der Waals surface area (Å²) < 4.78 is 14.5. The van der Waals surface area contributed by atoms with E-state index < -0.39 is 29.9 Å². The van der Waals surface area contributed by atoms with Crippen LogP contribution in [-0.2, 0) is 14.4 Å². The normalized spacial score (nSPS) is 21.3. The lowest BCUT2D eigenvalue weighted by Gasteiger charge is -2.29. The van der Waals surface area contributed by atoms with Crippen molar-refractivity contribution in [3.8, 4) is 0 Å². The SMILES string of the molecule is CCCC[C@@H](C(=O)N1CCCC1C(=O)NCCC1=CCCCC1)[C@@H](F)C(=O)NO. The first-order valence-corrected chi connectivity index (χ1v) is 10.8. The van der Waals surface area contributed by atoms with E-state index in [1.165, 1.54) is 28.8 Å². The van der Waals surface area contributed by atoms with Gasteiger partial charge in [-0.15, -0.1) is 0 Å². The van der Waals surface area contributed by atoms with Gasteiger partial charge < -0.3 is 10.2 Å². The number of amides is 3. The number of alkyl halides is 1. The first-order valence-electron chi connectivity index (χ1n) is 10.8. The summed E-state index contributed by atoms with van der Waals surface area (Å²) in [6.45, 7) is 2.81. The van der Waals surface area contributed by atoms with E-state index in [4.69, 9.17) is 5.21 Å². The fourth-order valence-corrected chi connectivity index (χ4v) is 4.18. The Morgan fingerprint density at radius 2 is 2.10 bits per heavy atom. The van der Waals surface area contributed by atoms with Crippen molar-refractivity contribution in [3.05, 3.63) is 11.6 Å². The largest absolute Gasteiger partial charge is 0.354 e. The third-order valence-corrected chi connectivity index (χ3v) is 5.87. The van der Waals surface area contributed by atoms with Gasteiger partial charge in [0.1, 0.15) is 6.04 Å². The van der Waals surface area contributed by atoms with Gasteiger partial charge in [-0.3, -0.25) is 19.6 Å². The maximum absolute atomic E-state index is 14.5. The molecule has 2 rings (SSSR count). The van der Waals surface area contributed by atoms with Gasteiger partial charge in [-0.05, 0) is 51.4 Å². The van der Waals surface area contributed by atoms with Gasteiger partial charge in [0.25, 0.3) is 5.91 Å². The molecule has 3 atom stereocenters. The zero-order valence-corrected chi connectivity index (χ0v) is 17.3. The highest BCUT2D eigenvalue weighted by Crippen LogP contribution is 2.26. The fraction of sp³-hybridized carbons (Fsp3) is 0.762. The third-order valence-electron chi connectivity index (χ3n) is 5.87. The van der Waals surface area contributed by atoms with Crippen molar-refractivity contribution in [1.82, 2.24) is 15.7 Å². The minimum absolute atomic E-state index is 0.197. The molecule has 0 bridgehead atoms. The van der Waals surface area contributed by atoms with Crippen molar-refractivity contribution in [2.75, 3.05) is 13.1 Å². The number of nitrogens with zero attached hydrogens (tertiary/aromatic N) is 1. The van der Waals surface area contributed by atoms with E-state index >= 15 is 0 Å². The predicted octanol–water partition coefficient (Wildman–Crippen LogP) is 2.63. The summed E-state index contributed by atoms with van der Waals surface area (Å²) >= 11 is 0. The number of halogens is 1. The quantitative estimate of drug-likeness (QED) is 0.292. The van der Waals surface area contributed by atoms with Crippen LogP contribution in [0.15, 0.2) is 11.6 Å². The van der Waals surface area contributed by atoms with Crippen molar-refractivity contribution < 1.29 is 24.0 Å². The second-order valence-corrected chi connectivity index (χ2v) is 7.97. The maximum atomic E-state index is 14.5. The molecule has 164 valence electrons. The van der Waals surface area contributed by atoms with Crippen LogP contribution in [-0.4, -0.2) is 53.1 Å². The molecule has 3 N–H and O–H groups in total. The summed E-state index contributed by atoms with van der Waals surface area (Å²) in [5, 5.41) is 11.7. The third kappa shape index (κ3) is 6.52. The lowest BCUT2D eigenvalue weighted by atomic mass is 9.94. The molecular formula is C21H34FN3O4. The van der Waals surface area contributed by atoms with Crippen LogP contribution in [0.1, 0.15) is 71.1 Å². The van der Waals surface area contributed by atoms with Gasteiger partial charge in [0.2, 0.25) is 11.8 Å². The summed E-state index contributed by atoms with van der Waals surface area (Å²) in [6.07, 6.45) is 8.22. The van der Waals surface area contributed by atoms with Crippen molar-refractivity contribution >= 4 is 17.7 Å². The number of carbonyl (C=O) groups is 3. The van der Waals surface area contributed by atoms with Crippen LogP contribution >= 0.6 is 0 Å². The molecule has 0 radical (unpaired) electrons. The van der Waals surface area contributed by atoms with Gasteiger partial charge in [0, 0.05) is 13.1 Å². The Morgan fingerprint density at radius 1 is 1.31 bits per heavy atom. The van der Waals surface area contributed by atoms with Crippen molar-refractivity contribution in [2.24, 2.45) is 5.92 Å². The summed E-state index contributed by atoms with van der Waals surface area (Å²) in [5.74, 6) is -3.16. The average Bonchev–Trinajstić information content (AvgIpc) is 3.23. The molecule has 0 saturated carbocycles. The van der Waals surface area contributed by atoms with E-state index in [0.717, 1.165) is 25.7 Å². The van der Waals surface area contributed by atoms with Crippen LogP contribution in [0, 0.1) is 5.92 Å². The Labute approximate surface area is 172 Å². The number of hydrogen-bond donors (Lipinski definition) is 3. The van der Waals surface area contributed by atoms with Gasteiger partial charge in [-0.2, -0.15) is 0 Å². The summed E-state index contributed by atoms with van der Waals surface area (Å²) in [4.78, 5) is 38.6. The summed E-state index contributed by atoms with van der Waals surface area (Å²) in [5.41, 5.74) is 2.66. The Bertz CT molecular complexity index is 611. The van der Waals surface area contributed by atoms with Crippen molar-refractivity contribution in [2.45, 2.75) is 83.3 Å². The molecule has 0 aromatic carbocycles. The number of carbonyl (C=O) groups excluding carboxylic acids is 3. The highest BCUT2D eigenvalue weighted by atomic mass is 19.1. The zero-order chi connectivity index (χ0) is 21.2.